The first kappa shape index (κ1) is 19.3. The summed E-state index contributed by atoms with van der Waals surface area (Å²) in [5.41, 5.74) is 5.59. The Hall–Kier alpha value is 0.334. The van der Waals surface area contributed by atoms with Crippen molar-refractivity contribution < 1.29 is 71.4 Å². The summed E-state index contributed by atoms with van der Waals surface area (Å²) in [7, 11) is 0. The summed E-state index contributed by atoms with van der Waals surface area (Å²) in [5, 5.41) is 0. The summed E-state index contributed by atoms with van der Waals surface area (Å²) < 4.78 is 0.513. The second kappa shape index (κ2) is 8.58. The molecule has 2 aromatic rings. The standard InChI is InChI=1S/C15H11.3BrH.Ti/c1-2-6-12(7-3-1)15-10-13-8-4-5-9-14(13)11-15;;;;/h1-11H;3*1H;/q;;;;+3/p-3. The van der Waals surface area contributed by atoms with Gasteiger partial charge in [-0.15, -0.1) is 0 Å². The molecule has 0 heterocycles. The maximum absolute atomic E-state index is 2.31. The van der Waals surface area contributed by atoms with Crippen LogP contribution in [0.2, 0.25) is 0 Å². The number of hydrogen-bond donors (Lipinski definition) is 0. The average Bonchev–Trinajstić information content (AvgIpc) is 2.69. The Bertz CT molecular complexity index is 552. The van der Waals surface area contributed by atoms with Gasteiger partial charge in [-0.25, -0.2) is 0 Å². The first-order chi connectivity index (χ1) is 7.86. The van der Waals surface area contributed by atoms with E-state index in [1.807, 2.05) is 0 Å². The first-order valence-corrected chi connectivity index (χ1v) is 6.33. The second-order valence-corrected chi connectivity index (χ2v) is 4.93. The van der Waals surface area contributed by atoms with E-state index in [4.69, 9.17) is 0 Å². The molecule has 96 valence electrons. The molecule has 4 heteroatoms. The van der Waals surface area contributed by atoms with Crippen molar-refractivity contribution in [3.05, 3.63) is 71.3 Å². The van der Waals surface area contributed by atoms with Crippen molar-refractivity contribution in [2.45, 2.75) is 4.22 Å². The number of fused-ring (bicyclic) bond motifs is 1. The monoisotopic (exact) mass is 476 g/mol. The zero-order valence-electron chi connectivity index (χ0n) is 9.98. The van der Waals surface area contributed by atoms with Crippen LogP contribution in [0.4, 0.5) is 0 Å². The normalized spacial score (nSPS) is 15.3. The fourth-order valence-electron chi connectivity index (χ4n) is 2.20. The summed E-state index contributed by atoms with van der Waals surface area (Å²) in [6.07, 6.45) is 2.31. The summed E-state index contributed by atoms with van der Waals surface area (Å²) in [5.74, 6) is 0. The number of halogens is 3. The first-order valence-electron chi connectivity index (χ1n) is 5.43. The fraction of sp³-hybridized carbons (Fsp3) is 0.0667. The van der Waals surface area contributed by atoms with Crippen LogP contribution in [-0.4, -0.2) is 0 Å². The van der Waals surface area contributed by atoms with Crippen molar-refractivity contribution in [1.82, 2.24) is 0 Å². The Labute approximate surface area is 157 Å². The predicted molar refractivity (Wildman–Crippen MR) is 63.5 cm³/mol. The van der Waals surface area contributed by atoms with E-state index in [-0.39, 0.29) is 50.9 Å². The molecular weight excluding hydrogens is 468 g/mol. The third-order valence-corrected chi connectivity index (χ3v) is 4.01. The van der Waals surface area contributed by atoms with Crippen LogP contribution in [0, 0.1) is 0 Å². The Morgan fingerprint density at radius 1 is 0.737 bits per heavy atom. The van der Waals surface area contributed by atoms with Crippen molar-refractivity contribution >= 4 is 11.6 Å². The maximum atomic E-state index is 2.31. The van der Waals surface area contributed by atoms with Crippen LogP contribution in [-0.2, 0) is 20.4 Å². The van der Waals surface area contributed by atoms with Gasteiger partial charge in [0.1, 0.15) is 0 Å². The van der Waals surface area contributed by atoms with Crippen LogP contribution in [0.1, 0.15) is 20.9 Å². The summed E-state index contributed by atoms with van der Waals surface area (Å²) in [4.78, 5) is 0. The van der Waals surface area contributed by atoms with Gasteiger partial charge in [-0.2, -0.15) is 0 Å². The quantitative estimate of drug-likeness (QED) is 0.360. The Balaban J connectivity index is 0.00000108. The summed E-state index contributed by atoms with van der Waals surface area (Å²) in [6.45, 7) is 0. The van der Waals surface area contributed by atoms with Crippen molar-refractivity contribution in [3.63, 3.8) is 0 Å². The van der Waals surface area contributed by atoms with Gasteiger partial charge >= 0.3 is 108 Å². The van der Waals surface area contributed by atoms with Gasteiger partial charge in [-0.3, -0.25) is 0 Å². The molecule has 0 aliphatic heterocycles. The van der Waals surface area contributed by atoms with E-state index in [0.29, 0.717) is 4.22 Å². The molecule has 0 saturated carbocycles. The molecule has 0 nitrogen and oxygen atoms in total. The van der Waals surface area contributed by atoms with Gasteiger partial charge in [0.2, 0.25) is 0 Å². The minimum absolute atomic E-state index is 0. The third kappa shape index (κ3) is 3.92. The molecule has 0 fully saturated rings. The van der Waals surface area contributed by atoms with E-state index in [0.717, 1.165) is 0 Å². The molecule has 0 spiro atoms. The van der Waals surface area contributed by atoms with Gasteiger partial charge < -0.3 is 50.9 Å². The molecule has 0 bridgehead atoms. The van der Waals surface area contributed by atoms with Gasteiger partial charge in [0.25, 0.3) is 0 Å². The Kier molecular flexibility index (Phi) is 8.73. The molecular formula is C15H11Br3Ti. The van der Waals surface area contributed by atoms with E-state index < -0.39 is 0 Å². The number of benzene rings is 2. The zero-order chi connectivity index (χ0) is 11.0. The van der Waals surface area contributed by atoms with Gasteiger partial charge in [0, 0.05) is 0 Å². The molecule has 0 amide bonds. The van der Waals surface area contributed by atoms with Crippen LogP contribution in [0.25, 0.3) is 11.6 Å². The molecule has 19 heavy (non-hydrogen) atoms. The van der Waals surface area contributed by atoms with Crippen LogP contribution in [0.5, 0.6) is 0 Å². The second-order valence-electron chi connectivity index (χ2n) is 4.03. The van der Waals surface area contributed by atoms with Crippen LogP contribution in [0.15, 0.2) is 54.6 Å². The molecule has 2 aromatic carbocycles. The summed E-state index contributed by atoms with van der Waals surface area (Å²) in [6, 6.07) is 19.3. The zero-order valence-corrected chi connectivity index (χ0v) is 16.3. The van der Waals surface area contributed by atoms with Gasteiger partial charge in [0.05, 0.1) is 0 Å². The van der Waals surface area contributed by atoms with E-state index >= 15 is 0 Å². The Morgan fingerprint density at radius 3 is 1.95 bits per heavy atom. The molecule has 1 unspecified atom stereocenters. The van der Waals surface area contributed by atoms with Gasteiger partial charge in [-0.05, 0) is 0 Å². The van der Waals surface area contributed by atoms with Crippen LogP contribution >= 0.6 is 0 Å². The van der Waals surface area contributed by atoms with E-state index in [1.54, 1.807) is 0 Å². The topological polar surface area (TPSA) is 0 Å². The molecule has 1 atom stereocenters. The average molecular weight is 479 g/mol. The van der Waals surface area contributed by atoms with Crippen LogP contribution < -0.4 is 50.9 Å². The predicted octanol–water partition coefficient (Wildman–Crippen LogP) is -5.16. The van der Waals surface area contributed by atoms with Gasteiger partial charge in [0.15, 0.2) is 0 Å². The van der Waals surface area contributed by atoms with E-state index in [1.165, 1.54) is 22.3 Å². The SMILES string of the molecule is [Br-].[Br-].[Br-].[Ti+3][CH]1C(c2ccccc2)=Cc2ccccc21. The van der Waals surface area contributed by atoms with Gasteiger partial charge in [-0.1, -0.05) is 0 Å². The number of allylic oxidation sites excluding steroid dienone is 1. The number of rotatable bonds is 1. The van der Waals surface area contributed by atoms with Crippen molar-refractivity contribution in [2.24, 2.45) is 0 Å². The summed E-state index contributed by atoms with van der Waals surface area (Å²) >= 11 is 2.28. The Morgan fingerprint density at radius 2 is 1.32 bits per heavy atom. The molecule has 3 rings (SSSR count). The molecule has 1 aliphatic carbocycles. The molecule has 0 N–H and O–H groups in total. The molecule has 0 radical (unpaired) electrons. The number of hydrogen-bond acceptors (Lipinski definition) is 0. The minimum atomic E-state index is 0. The molecule has 0 saturated heterocycles. The third-order valence-electron chi connectivity index (χ3n) is 3.04. The van der Waals surface area contributed by atoms with Crippen molar-refractivity contribution in [1.29, 1.82) is 0 Å². The van der Waals surface area contributed by atoms with E-state index in [9.17, 15) is 0 Å². The molecule has 1 aliphatic rings. The van der Waals surface area contributed by atoms with Crippen molar-refractivity contribution in [3.8, 4) is 0 Å². The molecule has 0 aromatic heterocycles. The fourth-order valence-corrected chi connectivity index (χ4v) is 3.01. The van der Waals surface area contributed by atoms with E-state index in [2.05, 4.69) is 81.1 Å². The van der Waals surface area contributed by atoms with Crippen LogP contribution in [0.3, 0.4) is 0 Å². The van der Waals surface area contributed by atoms with Crippen molar-refractivity contribution in [2.75, 3.05) is 0 Å².